The number of carbonyl (C=O) groups excluding carboxylic acids is 1. The van der Waals surface area contributed by atoms with Crippen LogP contribution in [0.2, 0.25) is 0 Å². The summed E-state index contributed by atoms with van der Waals surface area (Å²) in [6, 6.07) is 8.17. The van der Waals surface area contributed by atoms with Crippen LogP contribution in [0, 0.1) is 13.8 Å². The van der Waals surface area contributed by atoms with E-state index in [-0.39, 0.29) is 5.91 Å². The molecule has 26 heavy (non-hydrogen) atoms. The maximum Gasteiger partial charge on any atom is 0.233 e. The van der Waals surface area contributed by atoms with Crippen molar-refractivity contribution in [3.05, 3.63) is 51.7 Å². The Morgan fingerprint density at radius 1 is 1.27 bits per heavy atom. The fourth-order valence-corrected chi connectivity index (χ4v) is 4.66. The highest BCUT2D eigenvalue weighted by atomic mass is 32.2. The molecule has 0 bridgehead atoms. The smallest absolute Gasteiger partial charge is 0.233 e. The van der Waals surface area contributed by atoms with Crippen molar-refractivity contribution < 1.29 is 4.79 Å². The summed E-state index contributed by atoms with van der Waals surface area (Å²) in [6.45, 7) is 4.80. The first-order valence-electron chi connectivity index (χ1n) is 8.07. The van der Waals surface area contributed by atoms with Crippen LogP contribution in [0.1, 0.15) is 16.7 Å². The van der Waals surface area contributed by atoms with E-state index in [1.54, 1.807) is 16.2 Å². The number of rotatable bonds is 7. The quantitative estimate of drug-likeness (QED) is 0.578. The van der Waals surface area contributed by atoms with Crippen LogP contribution < -0.4 is 5.32 Å². The maximum atomic E-state index is 12.3. The minimum absolute atomic E-state index is 0.0837. The molecule has 2 aromatic heterocycles. The summed E-state index contributed by atoms with van der Waals surface area (Å²) < 4.78 is 0.787. The van der Waals surface area contributed by atoms with E-state index >= 15 is 0 Å². The van der Waals surface area contributed by atoms with Gasteiger partial charge in [-0.3, -0.25) is 4.79 Å². The first-order valence-corrected chi connectivity index (χ1v) is 10.8. The molecule has 3 rings (SSSR count). The van der Waals surface area contributed by atoms with E-state index < -0.39 is 0 Å². The molecule has 0 fully saturated rings. The van der Waals surface area contributed by atoms with Gasteiger partial charge in [-0.25, -0.2) is 0 Å². The molecule has 0 unspecified atom stereocenters. The highest BCUT2D eigenvalue weighted by molar-refractivity contribution is 8.01. The highest BCUT2D eigenvalue weighted by Crippen LogP contribution is 2.29. The van der Waals surface area contributed by atoms with Gasteiger partial charge in [-0.15, -0.1) is 10.2 Å². The Bertz CT molecular complexity index is 876. The van der Waals surface area contributed by atoms with Crippen molar-refractivity contribution in [2.75, 3.05) is 18.1 Å². The van der Waals surface area contributed by atoms with E-state index in [4.69, 9.17) is 0 Å². The van der Waals surface area contributed by atoms with E-state index in [9.17, 15) is 4.79 Å². The Hall–Kier alpha value is -1.90. The Labute approximate surface area is 165 Å². The van der Waals surface area contributed by atoms with Gasteiger partial charge in [0.25, 0.3) is 0 Å². The topological polar surface area (TPSA) is 58.1 Å². The molecule has 0 aliphatic carbocycles. The zero-order chi connectivity index (χ0) is 18.5. The summed E-state index contributed by atoms with van der Waals surface area (Å²) in [7, 11) is 1.83. The minimum atomic E-state index is 0.0837. The minimum Gasteiger partial charge on any atom is -0.341 e. The lowest BCUT2D eigenvalue weighted by molar-refractivity contribution is -0.127. The van der Waals surface area contributed by atoms with E-state index in [1.165, 1.54) is 34.2 Å². The fourth-order valence-electron chi connectivity index (χ4n) is 2.30. The highest BCUT2D eigenvalue weighted by Gasteiger charge is 2.13. The zero-order valence-corrected chi connectivity index (χ0v) is 17.3. The predicted molar refractivity (Wildman–Crippen MR) is 111 cm³/mol. The molecule has 2 heterocycles. The van der Waals surface area contributed by atoms with Gasteiger partial charge in [-0.2, -0.15) is 11.3 Å². The number of thioether (sulfide) groups is 1. The standard InChI is InChI=1S/C18H20N4OS3/c1-12-5-4-6-15(13(12)2)19-17-20-21-18(26-17)25-11-16(23)22(3)9-14-7-8-24-10-14/h4-8,10H,9,11H2,1-3H3,(H,19,20). The number of thiophene rings is 1. The third-order valence-electron chi connectivity index (χ3n) is 4.00. The monoisotopic (exact) mass is 404 g/mol. The number of hydrogen-bond acceptors (Lipinski definition) is 7. The van der Waals surface area contributed by atoms with Crippen LogP contribution >= 0.6 is 34.4 Å². The summed E-state index contributed by atoms with van der Waals surface area (Å²) in [5.74, 6) is 0.444. The second-order valence-corrected chi connectivity index (χ2v) is 8.90. The average Bonchev–Trinajstić information content (AvgIpc) is 3.29. The predicted octanol–water partition coefficient (Wildman–Crippen LogP) is 4.71. The summed E-state index contributed by atoms with van der Waals surface area (Å²) in [6.07, 6.45) is 0. The van der Waals surface area contributed by atoms with Gasteiger partial charge in [-0.1, -0.05) is 35.2 Å². The number of anilines is 2. The van der Waals surface area contributed by atoms with E-state index in [0.29, 0.717) is 12.3 Å². The summed E-state index contributed by atoms with van der Waals surface area (Å²) in [5, 5.41) is 16.5. The molecule has 3 aromatic rings. The number of hydrogen-bond donors (Lipinski definition) is 1. The number of nitrogens with one attached hydrogen (secondary N) is 1. The second kappa shape index (κ2) is 8.66. The molecule has 5 nitrogen and oxygen atoms in total. The van der Waals surface area contributed by atoms with Crippen LogP contribution in [-0.4, -0.2) is 33.8 Å². The van der Waals surface area contributed by atoms with Crippen LogP contribution in [0.5, 0.6) is 0 Å². The Morgan fingerprint density at radius 3 is 2.88 bits per heavy atom. The van der Waals surface area contributed by atoms with Crippen molar-refractivity contribution in [1.82, 2.24) is 15.1 Å². The number of carbonyl (C=O) groups is 1. The van der Waals surface area contributed by atoms with Crippen LogP contribution in [0.25, 0.3) is 0 Å². The molecule has 0 saturated heterocycles. The van der Waals surface area contributed by atoms with Crippen molar-refractivity contribution in [1.29, 1.82) is 0 Å². The molecule has 136 valence electrons. The molecule has 0 atom stereocenters. The molecule has 0 aliphatic rings. The first kappa shape index (κ1) is 18.9. The lowest BCUT2D eigenvalue weighted by Crippen LogP contribution is -2.27. The Balaban J connectivity index is 1.53. The van der Waals surface area contributed by atoms with Crippen LogP contribution in [0.3, 0.4) is 0 Å². The molecule has 0 aliphatic heterocycles. The van der Waals surface area contributed by atoms with Gasteiger partial charge in [-0.05, 0) is 53.4 Å². The normalized spacial score (nSPS) is 10.7. The summed E-state index contributed by atoms with van der Waals surface area (Å²) in [5.41, 5.74) is 4.62. The van der Waals surface area contributed by atoms with E-state index in [2.05, 4.69) is 40.8 Å². The summed E-state index contributed by atoms with van der Waals surface area (Å²) in [4.78, 5) is 14.0. The van der Waals surface area contributed by atoms with Gasteiger partial charge >= 0.3 is 0 Å². The molecule has 1 N–H and O–H groups in total. The molecular formula is C18H20N4OS3. The van der Waals surface area contributed by atoms with Gasteiger partial charge in [0.2, 0.25) is 11.0 Å². The molecular weight excluding hydrogens is 384 g/mol. The molecule has 0 saturated carbocycles. The van der Waals surface area contributed by atoms with Gasteiger partial charge in [0.1, 0.15) is 0 Å². The molecule has 1 aromatic carbocycles. The maximum absolute atomic E-state index is 12.3. The molecule has 8 heteroatoms. The molecule has 0 spiro atoms. The number of benzene rings is 1. The first-order chi connectivity index (χ1) is 12.5. The number of aromatic nitrogens is 2. The van der Waals surface area contributed by atoms with Crippen LogP contribution in [0.4, 0.5) is 10.8 Å². The van der Waals surface area contributed by atoms with Gasteiger partial charge in [0.05, 0.1) is 5.75 Å². The Kier molecular flexibility index (Phi) is 6.29. The number of nitrogens with zero attached hydrogens (tertiary/aromatic N) is 3. The summed E-state index contributed by atoms with van der Waals surface area (Å²) >= 11 is 4.53. The SMILES string of the molecule is Cc1cccc(Nc2nnc(SCC(=O)N(C)Cc3ccsc3)s2)c1C. The van der Waals surface area contributed by atoms with Crippen molar-refractivity contribution >= 4 is 51.2 Å². The van der Waals surface area contributed by atoms with Crippen molar-refractivity contribution in [3.63, 3.8) is 0 Å². The second-order valence-electron chi connectivity index (χ2n) is 5.92. The van der Waals surface area contributed by atoms with E-state index in [0.717, 1.165) is 20.7 Å². The van der Waals surface area contributed by atoms with Crippen LogP contribution in [0.15, 0.2) is 39.4 Å². The molecule has 0 radical (unpaired) electrons. The van der Waals surface area contributed by atoms with Gasteiger partial charge < -0.3 is 10.2 Å². The van der Waals surface area contributed by atoms with Crippen molar-refractivity contribution in [2.45, 2.75) is 24.7 Å². The van der Waals surface area contributed by atoms with Crippen molar-refractivity contribution in [2.24, 2.45) is 0 Å². The van der Waals surface area contributed by atoms with Crippen molar-refractivity contribution in [3.8, 4) is 0 Å². The zero-order valence-electron chi connectivity index (χ0n) is 14.9. The lowest BCUT2D eigenvalue weighted by atomic mass is 10.1. The van der Waals surface area contributed by atoms with E-state index in [1.807, 2.05) is 30.6 Å². The fraction of sp³-hybridized carbons (Fsp3) is 0.278. The number of aryl methyl sites for hydroxylation is 1. The number of amides is 1. The van der Waals surface area contributed by atoms with Gasteiger partial charge in [0.15, 0.2) is 4.34 Å². The largest absolute Gasteiger partial charge is 0.341 e. The third-order valence-corrected chi connectivity index (χ3v) is 6.69. The lowest BCUT2D eigenvalue weighted by Gasteiger charge is -2.15. The van der Waals surface area contributed by atoms with Gasteiger partial charge in [0, 0.05) is 19.3 Å². The van der Waals surface area contributed by atoms with Crippen LogP contribution in [-0.2, 0) is 11.3 Å². The third kappa shape index (κ3) is 4.84. The molecule has 1 amide bonds. The Morgan fingerprint density at radius 2 is 2.12 bits per heavy atom. The average molecular weight is 405 g/mol.